The van der Waals surface area contributed by atoms with E-state index < -0.39 is 5.60 Å². The number of para-hydroxylation sites is 1. The highest BCUT2D eigenvalue weighted by Crippen LogP contribution is 2.29. The largest absolute Gasteiger partial charge is 0.389 e. The molecule has 0 saturated heterocycles. The van der Waals surface area contributed by atoms with Crippen molar-refractivity contribution in [2.75, 3.05) is 0 Å². The van der Waals surface area contributed by atoms with Gasteiger partial charge in [-0.2, -0.15) is 0 Å². The van der Waals surface area contributed by atoms with Gasteiger partial charge in [-0.05, 0) is 25.0 Å². The van der Waals surface area contributed by atoms with Crippen LogP contribution in [0.5, 0.6) is 0 Å². The minimum Gasteiger partial charge on any atom is -0.389 e. The van der Waals surface area contributed by atoms with Gasteiger partial charge in [0, 0.05) is 6.42 Å². The third kappa shape index (κ3) is 3.09. The van der Waals surface area contributed by atoms with E-state index in [2.05, 4.69) is 24.9 Å². The Hall–Kier alpha value is -0.930. The Balaban J connectivity index is 2.20. The van der Waals surface area contributed by atoms with E-state index in [0.29, 0.717) is 6.42 Å². The molecule has 0 atom stereocenters. The molecule has 0 aliphatic heterocycles. The highest BCUT2D eigenvalue weighted by Gasteiger charge is 2.26. The molecule has 1 heterocycles. The fourth-order valence-electron chi connectivity index (χ4n) is 2.51. The van der Waals surface area contributed by atoms with Gasteiger partial charge >= 0.3 is 0 Å². The lowest BCUT2D eigenvalue weighted by Gasteiger charge is -2.26. The summed E-state index contributed by atoms with van der Waals surface area (Å²) >= 11 is 1.70. The van der Waals surface area contributed by atoms with Crippen LogP contribution in [0, 0.1) is 0 Å². The lowest BCUT2D eigenvalue weighted by Crippen LogP contribution is -2.31. The Morgan fingerprint density at radius 1 is 1.17 bits per heavy atom. The van der Waals surface area contributed by atoms with Crippen LogP contribution in [0.1, 0.15) is 44.5 Å². The van der Waals surface area contributed by atoms with Crippen LogP contribution in [-0.2, 0) is 6.42 Å². The molecule has 2 nitrogen and oxygen atoms in total. The van der Waals surface area contributed by atoms with Gasteiger partial charge in [0.2, 0.25) is 0 Å². The highest BCUT2D eigenvalue weighted by molar-refractivity contribution is 7.18. The number of rotatable bonds is 6. The van der Waals surface area contributed by atoms with Gasteiger partial charge in [-0.1, -0.05) is 38.8 Å². The van der Waals surface area contributed by atoms with Crippen molar-refractivity contribution in [3.8, 4) is 0 Å². The first-order valence-corrected chi connectivity index (χ1v) is 7.55. The summed E-state index contributed by atoms with van der Waals surface area (Å²) in [6.45, 7) is 4.25. The van der Waals surface area contributed by atoms with Gasteiger partial charge < -0.3 is 5.11 Å². The summed E-state index contributed by atoms with van der Waals surface area (Å²) in [5, 5.41) is 11.7. The minimum atomic E-state index is -0.572. The van der Waals surface area contributed by atoms with Crippen molar-refractivity contribution >= 4 is 21.6 Å². The van der Waals surface area contributed by atoms with Crippen molar-refractivity contribution in [2.24, 2.45) is 0 Å². The summed E-state index contributed by atoms with van der Waals surface area (Å²) in [6.07, 6.45) is 4.43. The molecule has 3 heteroatoms. The molecule has 1 N–H and O–H groups in total. The van der Waals surface area contributed by atoms with E-state index in [1.54, 1.807) is 11.3 Å². The molecular formula is C15H21NOS. The topological polar surface area (TPSA) is 33.1 Å². The van der Waals surface area contributed by atoms with Crippen LogP contribution >= 0.6 is 11.3 Å². The molecule has 1 aromatic carbocycles. The normalized spacial score (nSPS) is 12.2. The quantitative estimate of drug-likeness (QED) is 0.848. The van der Waals surface area contributed by atoms with Gasteiger partial charge in [-0.25, -0.2) is 4.98 Å². The number of aromatic nitrogens is 1. The van der Waals surface area contributed by atoms with Crippen LogP contribution in [0.25, 0.3) is 10.2 Å². The molecule has 0 aliphatic carbocycles. The molecule has 98 valence electrons. The number of benzene rings is 1. The lowest BCUT2D eigenvalue weighted by molar-refractivity contribution is 0.0216. The van der Waals surface area contributed by atoms with Crippen molar-refractivity contribution in [3.63, 3.8) is 0 Å². The van der Waals surface area contributed by atoms with E-state index in [9.17, 15) is 5.11 Å². The van der Waals surface area contributed by atoms with Crippen LogP contribution in [0.15, 0.2) is 24.3 Å². The molecule has 0 spiro atoms. The second-order valence-electron chi connectivity index (χ2n) is 4.98. The number of fused-ring (bicyclic) bond motifs is 1. The zero-order valence-electron chi connectivity index (χ0n) is 11.1. The zero-order valence-corrected chi connectivity index (χ0v) is 12.0. The molecule has 0 saturated carbocycles. The van der Waals surface area contributed by atoms with Gasteiger partial charge in [0.25, 0.3) is 0 Å². The number of thiazole rings is 1. The Labute approximate surface area is 113 Å². The minimum absolute atomic E-state index is 0.572. The maximum atomic E-state index is 10.7. The second-order valence-corrected chi connectivity index (χ2v) is 6.09. The molecule has 0 bridgehead atoms. The standard InChI is InChI=1S/C15H21NOS/c1-3-9-15(17,10-4-2)11-14-16-12-7-5-6-8-13(12)18-14/h5-8,17H,3-4,9-11H2,1-2H3. The molecule has 18 heavy (non-hydrogen) atoms. The third-order valence-electron chi connectivity index (χ3n) is 3.25. The lowest BCUT2D eigenvalue weighted by atomic mass is 9.90. The van der Waals surface area contributed by atoms with Crippen molar-refractivity contribution in [1.29, 1.82) is 0 Å². The molecule has 0 amide bonds. The summed E-state index contributed by atoms with van der Waals surface area (Å²) in [5.74, 6) is 0. The van der Waals surface area contributed by atoms with Crippen LogP contribution in [-0.4, -0.2) is 15.7 Å². The second kappa shape index (κ2) is 5.81. The van der Waals surface area contributed by atoms with Crippen LogP contribution in [0.3, 0.4) is 0 Å². The van der Waals surface area contributed by atoms with Crippen LogP contribution in [0.4, 0.5) is 0 Å². The van der Waals surface area contributed by atoms with Crippen molar-refractivity contribution in [3.05, 3.63) is 29.3 Å². The summed E-state index contributed by atoms with van der Waals surface area (Å²) in [6, 6.07) is 8.17. The monoisotopic (exact) mass is 263 g/mol. The van der Waals surface area contributed by atoms with Crippen LogP contribution in [0.2, 0.25) is 0 Å². The van der Waals surface area contributed by atoms with Crippen molar-refractivity contribution < 1.29 is 5.11 Å². The smallest absolute Gasteiger partial charge is 0.0967 e. The molecule has 2 aromatic rings. The predicted molar refractivity (Wildman–Crippen MR) is 78.1 cm³/mol. The average Bonchev–Trinajstić information content (AvgIpc) is 2.70. The molecule has 0 unspecified atom stereocenters. The third-order valence-corrected chi connectivity index (χ3v) is 4.29. The first-order chi connectivity index (χ1) is 8.67. The number of aliphatic hydroxyl groups is 1. The highest BCUT2D eigenvalue weighted by atomic mass is 32.1. The summed E-state index contributed by atoms with van der Waals surface area (Å²) in [7, 11) is 0. The average molecular weight is 263 g/mol. The van der Waals surface area contributed by atoms with Crippen LogP contribution < -0.4 is 0 Å². The molecule has 0 aliphatic rings. The van der Waals surface area contributed by atoms with E-state index in [0.717, 1.165) is 36.2 Å². The van der Waals surface area contributed by atoms with E-state index >= 15 is 0 Å². The maximum Gasteiger partial charge on any atom is 0.0967 e. The van der Waals surface area contributed by atoms with E-state index in [4.69, 9.17) is 0 Å². The van der Waals surface area contributed by atoms with E-state index in [-0.39, 0.29) is 0 Å². The zero-order chi connectivity index (χ0) is 13.0. The Bertz CT molecular complexity index is 467. The Kier molecular flexibility index (Phi) is 4.36. The summed E-state index contributed by atoms with van der Waals surface area (Å²) < 4.78 is 1.21. The first kappa shape index (κ1) is 13.5. The molecule has 0 fully saturated rings. The number of hydrogen-bond acceptors (Lipinski definition) is 3. The first-order valence-electron chi connectivity index (χ1n) is 6.73. The van der Waals surface area contributed by atoms with Gasteiger partial charge in [0.05, 0.1) is 20.8 Å². The van der Waals surface area contributed by atoms with Crippen molar-refractivity contribution in [2.45, 2.75) is 51.6 Å². The van der Waals surface area contributed by atoms with Gasteiger partial charge in [0.1, 0.15) is 0 Å². The Morgan fingerprint density at radius 2 is 1.83 bits per heavy atom. The summed E-state index contributed by atoms with van der Waals surface area (Å²) in [4.78, 5) is 4.62. The van der Waals surface area contributed by atoms with Gasteiger partial charge in [0.15, 0.2) is 0 Å². The van der Waals surface area contributed by atoms with Gasteiger partial charge in [-0.3, -0.25) is 0 Å². The fraction of sp³-hybridized carbons (Fsp3) is 0.533. The number of hydrogen-bond donors (Lipinski definition) is 1. The fourth-order valence-corrected chi connectivity index (χ4v) is 3.61. The van der Waals surface area contributed by atoms with Gasteiger partial charge in [-0.15, -0.1) is 11.3 Å². The Morgan fingerprint density at radius 3 is 2.44 bits per heavy atom. The molecule has 0 radical (unpaired) electrons. The van der Waals surface area contributed by atoms with E-state index in [1.807, 2.05) is 18.2 Å². The SMILES string of the molecule is CCCC(O)(CCC)Cc1nc2ccccc2s1. The molecular weight excluding hydrogens is 242 g/mol. The maximum absolute atomic E-state index is 10.7. The van der Waals surface area contributed by atoms with Crippen molar-refractivity contribution in [1.82, 2.24) is 4.98 Å². The predicted octanol–water partition coefficient (Wildman–Crippen LogP) is 4.17. The summed E-state index contributed by atoms with van der Waals surface area (Å²) in [5.41, 5.74) is 0.477. The molecule has 1 aromatic heterocycles. The molecule has 2 rings (SSSR count). The van der Waals surface area contributed by atoms with E-state index in [1.165, 1.54) is 4.70 Å². The number of nitrogens with zero attached hydrogens (tertiary/aromatic N) is 1.